The molecule has 2 saturated heterocycles. The number of aromatic nitrogens is 2. The highest BCUT2D eigenvalue weighted by atomic mass is 19.4. The summed E-state index contributed by atoms with van der Waals surface area (Å²) < 4.78 is 51.1. The number of nitriles is 1. The number of likely N-dealkylation sites (tertiary alicyclic amines) is 1. The number of carbonyl (C=O) groups excluding carboxylic acids is 1. The highest BCUT2D eigenvalue weighted by molar-refractivity contribution is 5.97. The van der Waals surface area contributed by atoms with Gasteiger partial charge in [0.05, 0.1) is 43.3 Å². The third-order valence-electron chi connectivity index (χ3n) is 10.7. The second-order valence-corrected chi connectivity index (χ2v) is 14.6. The normalized spacial score (nSPS) is 21.5. The Kier molecular flexibility index (Phi) is 11.6. The molecule has 0 spiro atoms. The molecule has 10 nitrogen and oxygen atoms in total. The summed E-state index contributed by atoms with van der Waals surface area (Å²) >= 11 is 0. The summed E-state index contributed by atoms with van der Waals surface area (Å²) in [5.74, 6) is -1.48. The molecule has 2 fully saturated rings. The molecule has 1 aromatic heterocycles. The molecule has 2 aromatic carbocycles. The fourth-order valence-electron chi connectivity index (χ4n) is 7.86. The number of rotatable bonds is 10. The van der Waals surface area contributed by atoms with E-state index in [0.717, 1.165) is 47.8 Å². The molecule has 0 N–H and O–H groups in total. The highest BCUT2D eigenvalue weighted by Gasteiger charge is 2.44. The summed E-state index contributed by atoms with van der Waals surface area (Å²) in [6.45, 7) is 4.78. The van der Waals surface area contributed by atoms with Gasteiger partial charge >= 0.3 is 12.2 Å². The van der Waals surface area contributed by atoms with Crippen LogP contribution in [0.2, 0.25) is 0 Å². The molecule has 3 atom stereocenters. The zero-order valence-electron chi connectivity index (χ0n) is 30.6. The van der Waals surface area contributed by atoms with Gasteiger partial charge in [0.2, 0.25) is 5.91 Å². The van der Waals surface area contributed by atoms with E-state index in [1.165, 1.54) is 6.08 Å². The molecule has 13 heteroatoms. The monoisotopic (exact) mass is 718 g/mol. The van der Waals surface area contributed by atoms with Gasteiger partial charge in [-0.3, -0.25) is 4.79 Å². The van der Waals surface area contributed by atoms with Gasteiger partial charge in [0.25, 0.3) is 0 Å². The van der Waals surface area contributed by atoms with Crippen molar-refractivity contribution in [3.05, 3.63) is 65.4 Å². The SMILES string of the molecule is Cc1cccc2cccc(N3Cc4nc(OCCC5CCCN5C)nc(N5CCN(C(=O)/C=C/CN(C)C)[C@@H](CC#N)C5)c4C[C@H](C(F)(F)F)C3)c12. The van der Waals surface area contributed by atoms with Crippen LogP contribution in [0.5, 0.6) is 6.01 Å². The van der Waals surface area contributed by atoms with E-state index in [1.54, 1.807) is 11.0 Å². The molecule has 0 aliphatic carbocycles. The van der Waals surface area contributed by atoms with Gasteiger partial charge in [0, 0.05) is 61.5 Å². The van der Waals surface area contributed by atoms with E-state index in [4.69, 9.17) is 14.7 Å². The number of nitrogens with zero attached hydrogens (tertiary/aromatic N) is 8. The number of anilines is 2. The Morgan fingerprint density at radius 3 is 2.58 bits per heavy atom. The van der Waals surface area contributed by atoms with Crippen LogP contribution in [0, 0.1) is 24.2 Å². The number of halogens is 3. The third kappa shape index (κ3) is 8.45. The number of hydrogen-bond acceptors (Lipinski definition) is 9. The van der Waals surface area contributed by atoms with Crippen LogP contribution < -0.4 is 14.5 Å². The summed E-state index contributed by atoms with van der Waals surface area (Å²) in [4.78, 5) is 32.6. The van der Waals surface area contributed by atoms with Crippen molar-refractivity contribution in [3.63, 3.8) is 0 Å². The minimum Gasteiger partial charge on any atom is -0.463 e. The quantitative estimate of drug-likeness (QED) is 0.249. The first kappa shape index (κ1) is 37.4. The molecule has 4 heterocycles. The average Bonchev–Trinajstić information content (AvgIpc) is 3.40. The van der Waals surface area contributed by atoms with E-state index in [2.05, 4.69) is 18.0 Å². The van der Waals surface area contributed by atoms with Gasteiger partial charge < -0.3 is 29.2 Å². The molecule has 0 radical (unpaired) electrons. The van der Waals surface area contributed by atoms with Gasteiger partial charge in [-0.05, 0) is 77.3 Å². The number of likely N-dealkylation sites (N-methyl/N-ethyl adjacent to an activating group) is 1. The predicted molar refractivity (Wildman–Crippen MR) is 196 cm³/mol. The molecular formula is C39H49F3N8O2. The van der Waals surface area contributed by atoms with Crippen molar-refractivity contribution in [2.75, 3.05) is 76.8 Å². The van der Waals surface area contributed by atoms with Crippen LogP contribution in [-0.2, 0) is 17.8 Å². The Labute approximate surface area is 304 Å². The summed E-state index contributed by atoms with van der Waals surface area (Å²) in [7, 11) is 5.93. The van der Waals surface area contributed by atoms with Gasteiger partial charge in [-0.2, -0.15) is 28.4 Å². The lowest BCUT2D eigenvalue weighted by molar-refractivity contribution is -0.171. The number of ether oxygens (including phenoxy) is 1. The molecule has 0 bridgehead atoms. The Hall–Kier alpha value is -4.41. The maximum absolute atomic E-state index is 15.0. The van der Waals surface area contributed by atoms with Gasteiger partial charge in [-0.15, -0.1) is 0 Å². The zero-order valence-corrected chi connectivity index (χ0v) is 30.6. The number of piperazine rings is 1. The molecule has 3 aliphatic heterocycles. The summed E-state index contributed by atoms with van der Waals surface area (Å²) in [6.07, 6.45) is 1.63. The van der Waals surface area contributed by atoms with E-state index in [9.17, 15) is 23.2 Å². The summed E-state index contributed by atoms with van der Waals surface area (Å²) in [5, 5.41) is 11.6. The maximum atomic E-state index is 15.0. The topological polar surface area (TPSA) is 92.1 Å². The first-order chi connectivity index (χ1) is 24.9. The summed E-state index contributed by atoms with van der Waals surface area (Å²) in [6, 6.07) is 13.9. The van der Waals surface area contributed by atoms with Crippen molar-refractivity contribution in [2.45, 2.75) is 63.8 Å². The van der Waals surface area contributed by atoms with Crippen molar-refractivity contribution in [1.29, 1.82) is 5.26 Å². The Morgan fingerprint density at radius 2 is 1.87 bits per heavy atom. The first-order valence-electron chi connectivity index (χ1n) is 18.2. The van der Waals surface area contributed by atoms with Crippen molar-refractivity contribution in [1.82, 2.24) is 24.7 Å². The lowest BCUT2D eigenvalue weighted by atomic mass is 9.98. The van der Waals surface area contributed by atoms with Crippen LogP contribution in [0.3, 0.4) is 0 Å². The number of hydrogen-bond donors (Lipinski definition) is 0. The number of aryl methyl sites for hydroxylation is 1. The fraction of sp³-hybridized carbons (Fsp3) is 0.538. The minimum absolute atomic E-state index is 0.0781. The highest BCUT2D eigenvalue weighted by Crippen LogP contribution is 2.41. The second kappa shape index (κ2) is 16.1. The Bertz CT molecular complexity index is 1800. The number of alkyl halides is 3. The van der Waals surface area contributed by atoms with Crippen molar-refractivity contribution in [3.8, 4) is 12.1 Å². The predicted octanol–water partition coefficient (Wildman–Crippen LogP) is 5.59. The van der Waals surface area contributed by atoms with Gasteiger partial charge in [0.1, 0.15) is 5.82 Å². The van der Waals surface area contributed by atoms with Crippen LogP contribution in [0.15, 0.2) is 48.6 Å². The number of benzene rings is 2. The molecule has 52 heavy (non-hydrogen) atoms. The number of amides is 1. The fourth-order valence-corrected chi connectivity index (χ4v) is 7.86. The van der Waals surface area contributed by atoms with Crippen LogP contribution in [-0.4, -0.2) is 116 Å². The smallest absolute Gasteiger partial charge is 0.393 e. The number of fused-ring (bicyclic) bond motifs is 2. The number of carbonyl (C=O) groups is 1. The second-order valence-electron chi connectivity index (χ2n) is 14.6. The standard InChI is InChI=1S/C39H49F3N8O2/c1-27-9-5-10-28-11-6-13-34(36(27)28)49-24-29(39(40,41)42)23-32-33(26-49)44-38(52-22-16-30-12-7-19-47(30)4)45-37(32)48-20-21-50(31(25-48)15-17-43)35(51)14-8-18-46(2)3/h5-6,8-11,13-14,29-31H,7,12,15-16,18-26H2,1-4H3/b14-8+/t29-,30?,31-/m0/s1. The van der Waals surface area contributed by atoms with E-state index < -0.39 is 18.1 Å². The van der Waals surface area contributed by atoms with E-state index in [0.29, 0.717) is 49.4 Å². The van der Waals surface area contributed by atoms with Crippen LogP contribution in [0.1, 0.15) is 42.5 Å². The molecular weight excluding hydrogens is 669 g/mol. The van der Waals surface area contributed by atoms with Gasteiger partial charge in [-0.1, -0.05) is 36.4 Å². The van der Waals surface area contributed by atoms with Crippen molar-refractivity contribution in [2.24, 2.45) is 5.92 Å². The first-order valence-corrected chi connectivity index (χ1v) is 18.2. The molecule has 1 amide bonds. The minimum atomic E-state index is -4.48. The molecule has 1 unspecified atom stereocenters. The molecule has 0 saturated carbocycles. The van der Waals surface area contributed by atoms with Crippen molar-refractivity contribution < 1.29 is 22.7 Å². The molecule has 3 aliphatic rings. The van der Waals surface area contributed by atoms with E-state index in [1.807, 2.05) is 72.1 Å². The molecule has 6 rings (SSSR count). The molecule has 278 valence electrons. The molecule has 3 aromatic rings. The van der Waals surface area contributed by atoms with Crippen LogP contribution >= 0.6 is 0 Å². The zero-order chi connectivity index (χ0) is 37.0. The van der Waals surface area contributed by atoms with Crippen LogP contribution in [0.25, 0.3) is 10.8 Å². The lowest BCUT2D eigenvalue weighted by Crippen LogP contribution is -2.55. The van der Waals surface area contributed by atoms with E-state index in [-0.39, 0.29) is 44.4 Å². The summed E-state index contributed by atoms with van der Waals surface area (Å²) in [5.41, 5.74) is 2.65. The Morgan fingerprint density at radius 1 is 1.08 bits per heavy atom. The Balaban J connectivity index is 1.38. The van der Waals surface area contributed by atoms with Crippen LogP contribution in [0.4, 0.5) is 24.7 Å². The lowest BCUT2D eigenvalue weighted by Gasteiger charge is -2.41. The maximum Gasteiger partial charge on any atom is 0.393 e. The third-order valence-corrected chi connectivity index (χ3v) is 10.7. The average molecular weight is 719 g/mol. The largest absolute Gasteiger partial charge is 0.463 e. The van der Waals surface area contributed by atoms with Crippen molar-refractivity contribution >= 4 is 28.2 Å². The van der Waals surface area contributed by atoms with E-state index >= 15 is 0 Å². The van der Waals surface area contributed by atoms with Gasteiger partial charge in [0.15, 0.2) is 0 Å². The van der Waals surface area contributed by atoms with Gasteiger partial charge in [-0.25, -0.2) is 0 Å².